The number of aryl methyl sites for hydroxylation is 1. The molecule has 19 heavy (non-hydrogen) atoms. The molecule has 0 saturated heterocycles. The molecule has 0 bridgehead atoms. The Morgan fingerprint density at radius 2 is 2.11 bits per heavy atom. The minimum absolute atomic E-state index is 0.327. The van der Waals surface area contributed by atoms with Crippen molar-refractivity contribution in [3.8, 4) is 5.75 Å². The van der Waals surface area contributed by atoms with Gasteiger partial charge in [0.2, 0.25) is 0 Å². The molecule has 1 amide bonds. The first kappa shape index (κ1) is 15.0. The van der Waals surface area contributed by atoms with Gasteiger partial charge in [-0.25, -0.2) is 0 Å². The number of benzene rings is 1. The second-order valence-corrected chi connectivity index (χ2v) is 4.42. The summed E-state index contributed by atoms with van der Waals surface area (Å²) in [5.41, 5.74) is 1.04. The lowest BCUT2D eigenvalue weighted by molar-refractivity contribution is -0.146. The second-order valence-electron chi connectivity index (χ2n) is 4.42. The van der Waals surface area contributed by atoms with Crippen LogP contribution in [0.25, 0.3) is 0 Å². The van der Waals surface area contributed by atoms with Gasteiger partial charge in [0.25, 0.3) is 5.91 Å². The van der Waals surface area contributed by atoms with E-state index in [4.69, 9.17) is 9.84 Å². The molecule has 0 heterocycles. The summed E-state index contributed by atoms with van der Waals surface area (Å²) in [5, 5.41) is 8.68. The normalized spacial score (nSPS) is 11.7. The first-order valence-corrected chi connectivity index (χ1v) is 6.14. The highest BCUT2D eigenvalue weighted by Gasteiger charge is 2.23. The number of carbonyl (C=O) groups is 2. The first-order valence-electron chi connectivity index (χ1n) is 6.14. The fourth-order valence-electron chi connectivity index (χ4n) is 1.69. The Morgan fingerprint density at radius 3 is 2.63 bits per heavy atom. The number of carbonyl (C=O) groups excluding carboxylic acids is 1. The minimum atomic E-state index is -1.04. The van der Waals surface area contributed by atoms with Gasteiger partial charge in [0.05, 0.1) is 0 Å². The maximum Gasteiger partial charge on any atom is 0.323 e. The molecule has 1 rings (SSSR count). The summed E-state index contributed by atoms with van der Waals surface area (Å²) in [4.78, 5) is 23.8. The molecule has 0 fully saturated rings. The number of carboxylic acids is 1. The third kappa shape index (κ3) is 4.62. The third-order valence-corrected chi connectivity index (χ3v) is 2.66. The van der Waals surface area contributed by atoms with Gasteiger partial charge in [-0.15, -0.1) is 0 Å². The van der Waals surface area contributed by atoms with E-state index in [9.17, 15) is 9.59 Å². The topological polar surface area (TPSA) is 66.8 Å². The molecule has 5 nitrogen and oxygen atoms in total. The molecule has 104 valence electrons. The number of aliphatic carboxylic acids is 1. The van der Waals surface area contributed by atoms with Crippen LogP contribution in [0.2, 0.25) is 0 Å². The molecule has 0 saturated carbocycles. The van der Waals surface area contributed by atoms with Gasteiger partial charge in [0, 0.05) is 7.05 Å². The lowest BCUT2D eigenvalue weighted by Crippen LogP contribution is -2.41. The van der Waals surface area contributed by atoms with Crippen molar-refractivity contribution in [3.63, 3.8) is 0 Å². The van der Waals surface area contributed by atoms with Gasteiger partial charge in [-0.05, 0) is 31.0 Å². The number of nitrogens with zero attached hydrogens (tertiary/aromatic N) is 1. The van der Waals surface area contributed by atoms with E-state index in [1.165, 1.54) is 7.05 Å². The second kappa shape index (κ2) is 6.78. The molecule has 0 aromatic heterocycles. The molecular formula is C14H19NO4. The standard InChI is InChI=1S/C14H19NO4/c1-4-12(14(18)15(3)9-13(16)17)19-11-7-5-6-10(2)8-11/h5-8,12H,4,9H2,1-3H3,(H,16,17). The van der Waals surface area contributed by atoms with Gasteiger partial charge in [0.15, 0.2) is 6.10 Å². The molecule has 0 aliphatic carbocycles. The zero-order valence-corrected chi connectivity index (χ0v) is 11.4. The molecule has 0 aliphatic rings. The van der Waals surface area contributed by atoms with Crippen LogP contribution >= 0.6 is 0 Å². The molecule has 1 aromatic rings. The van der Waals surface area contributed by atoms with E-state index in [2.05, 4.69) is 0 Å². The Balaban J connectivity index is 2.72. The van der Waals surface area contributed by atoms with Crippen LogP contribution in [-0.4, -0.2) is 41.6 Å². The van der Waals surface area contributed by atoms with Crippen molar-refractivity contribution in [2.24, 2.45) is 0 Å². The molecule has 0 spiro atoms. The average Bonchev–Trinajstić information content (AvgIpc) is 2.34. The molecule has 1 N–H and O–H groups in total. The van der Waals surface area contributed by atoms with Crippen LogP contribution in [0.5, 0.6) is 5.75 Å². The molecule has 5 heteroatoms. The van der Waals surface area contributed by atoms with E-state index in [-0.39, 0.29) is 12.5 Å². The van der Waals surface area contributed by atoms with E-state index in [0.29, 0.717) is 12.2 Å². The highest BCUT2D eigenvalue weighted by molar-refractivity contribution is 5.84. The van der Waals surface area contributed by atoms with Gasteiger partial charge in [-0.2, -0.15) is 0 Å². The molecular weight excluding hydrogens is 246 g/mol. The van der Waals surface area contributed by atoms with E-state index in [1.807, 2.05) is 32.0 Å². The molecule has 1 unspecified atom stereocenters. The third-order valence-electron chi connectivity index (χ3n) is 2.66. The van der Waals surface area contributed by atoms with Crippen molar-refractivity contribution in [1.29, 1.82) is 0 Å². The Bertz CT molecular complexity index is 459. The van der Waals surface area contributed by atoms with Gasteiger partial charge >= 0.3 is 5.97 Å². The van der Waals surface area contributed by atoms with E-state index in [0.717, 1.165) is 10.5 Å². The Hall–Kier alpha value is -2.04. The van der Waals surface area contributed by atoms with Crippen molar-refractivity contribution >= 4 is 11.9 Å². The van der Waals surface area contributed by atoms with Crippen molar-refractivity contribution in [3.05, 3.63) is 29.8 Å². The van der Waals surface area contributed by atoms with Gasteiger partial charge < -0.3 is 14.7 Å². The number of hydrogen-bond donors (Lipinski definition) is 1. The van der Waals surface area contributed by atoms with Crippen molar-refractivity contribution in [2.75, 3.05) is 13.6 Å². The number of rotatable bonds is 6. The summed E-state index contributed by atoms with van der Waals surface area (Å²) in [6.45, 7) is 3.44. The van der Waals surface area contributed by atoms with Crippen LogP contribution in [0.4, 0.5) is 0 Å². The first-order chi connectivity index (χ1) is 8.93. The smallest absolute Gasteiger partial charge is 0.323 e. The number of carboxylic acid groups (broad SMARTS) is 1. The van der Waals surface area contributed by atoms with Gasteiger partial charge in [-0.3, -0.25) is 9.59 Å². The zero-order chi connectivity index (χ0) is 14.4. The highest BCUT2D eigenvalue weighted by Crippen LogP contribution is 2.16. The number of ether oxygens (including phenoxy) is 1. The maximum absolute atomic E-state index is 12.0. The number of amides is 1. The predicted octanol–water partition coefficient (Wildman–Crippen LogP) is 1.70. The van der Waals surface area contributed by atoms with Crippen molar-refractivity contribution < 1.29 is 19.4 Å². The fourth-order valence-corrected chi connectivity index (χ4v) is 1.69. The number of likely N-dealkylation sites (N-methyl/N-ethyl adjacent to an activating group) is 1. The summed E-state index contributed by atoms with van der Waals surface area (Å²) < 4.78 is 5.62. The summed E-state index contributed by atoms with van der Waals surface area (Å²) in [7, 11) is 1.46. The van der Waals surface area contributed by atoms with Crippen LogP contribution in [-0.2, 0) is 9.59 Å². The summed E-state index contributed by atoms with van der Waals surface area (Å²) in [5.74, 6) is -0.753. The number of hydrogen-bond acceptors (Lipinski definition) is 3. The van der Waals surface area contributed by atoms with Crippen molar-refractivity contribution in [1.82, 2.24) is 4.90 Å². The quantitative estimate of drug-likeness (QED) is 0.850. The monoisotopic (exact) mass is 265 g/mol. The summed E-state index contributed by atoms with van der Waals surface area (Å²) in [6, 6.07) is 7.41. The predicted molar refractivity (Wildman–Crippen MR) is 71.2 cm³/mol. The summed E-state index contributed by atoms with van der Waals surface area (Å²) >= 11 is 0. The maximum atomic E-state index is 12.0. The Kier molecular flexibility index (Phi) is 5.36. The fraction of sp³-hybridized carbons (Fsp3) is 0.429. The lowest BCUT2D eigenvalue weighted by atomic mass is 10.2. The molecule has 0 aliphatic heterocycles. The highest BCUT2D eigenvalue weighted by atomic mass is 16.5. The van der Waals surface area contributed by atoms with Crippen LogP contribution in [0, 0.1) is 6.92 Å². The van der Waals surface area contributed by atoms with Gasteiger partial charge in [0.1, 0.15) is 12.3 Å². The van der Waals surface area contributed by atoms with E-state index >= 15 is 0 Å². The van der Waals surface area contributed by atoms with E-state index in [1.54, 1.807) is 6.07 Å². The summed E-state index contributed by atoms with van der Waals surface area (Å²) in [6.07, 6.45) is -0.178. The molecule has 1 aromatic carbocycles. The molecule has 1 atom stereocenters. The largest absolute Gasteiger partial charge is 0.481 e. The average molecular weight is 265 g/mol. The van der Waals surface area contributed by atoms with Crippen molar-refractivity contribution in [2.45, 2.75) is 26.4 Å². The van der Waals surface area contributed by atoms with Gasteiger partial charge in [-0.1, -0.05) is 19.1 Å². The minimum Gasteiger partial charge on any atom is -0.481 e. The van der Waals surface area contributed by atoms with E-state index < -0.39 is 12.1 Å². The zero-order valence-electron chi connectivity index (χ0n) is 11.4. The van der Waals surface area contributed by atoms with Crippen LogP contribution in [0.1, 0.15) is 18.9 Å². The Morgan fingerprint density at radius 1 is 1.42 bits per heavy atom. The lowest BCUT2D eigenvalue weighted by Gasteiger charge is -2.22. The van der Waals surface area contributed by atoms with Crippen LogP contribution in [0.3, 0.4) is 0 Å². The van der Waals surface area contributed by atoms with Crippen LogP contribution in [0.15, 0.2) is 24.3 Å². The SMILES string of the molecule is CCC(Oc1cccc(C)c1)C(=O)N(C)CC(=O)O. The van der Waals surface area contributed by atoms with Crippen LogP contribution < -0.4 is 4.74 Å². The Labute approximate surface area is 112 Å². The molecule has 0 radical (unpaired) electrons.